The molecule has 7 heteroatoms. The summed E-state index contributed by atoms with van der Waals surface area (Å²) in [6.45, 7) is 1.02. The monoisotopic (exact) mass is 401 g/mol. The highest BCUT2D eigenvalue weighted by Crippen LogP contribution is 2.19. The van der Waals surface area contributed by atoms with Gasteiger partial charge in [-0.15, -0.1) is 0 Å². The van der Waals surface area contributed by atoms with Gasteiger partial charge in [-0.2, -0.15) is 0 Å². The van der Waals surface area contributed by atoms with Crippen LogP contribution in [0.15, 0.2) is 73.2 Å². The zero-order chi connectivity index (χ0) is 20.8. The largest absolute Gasteiger partial charge is 0.480 e. The predicted octanol–water partition coefficient (Wildman–Crippen LogP) is 3.36. The van der Waals surface area contributed by atoms with Crippen molar-refractivity contribution in [3.8, 4) is 0 Å². The third kappa shape index (κ3) is 4.82. The van der Waals surface area contributed by atoms with Gasteiger partial charge in [-0.25, -0.2) is 9.97 Å². The average Bonchev–Trinajstić information content (AvgIpc) is 3.19. The van der Waals surface area contributed by atoms with Crippen LogP contribution in [0, 0.1) is 0 Å². The summed E-state index contributed by atoms with van der Waals surface area (Å²) in [7, 11) is 0. The number of aromatic nitrogens is 3. The molecule has 0 aliphatic rings. The molecule has 0 bridgehead atoms. The number of aromatic amines is 1. The lowest BCUT2D eigenvalue weighted by molar-refractivity contribution is -0.139. The highest BCUT2D eigenvalue weighted by molar-refractivity contribution is 5.84. The molecule has 0 aliphatic carbocycles. The number of rotatable bonds is 9. The fourth-order valence-corrected chi connectivity index (χ4v) is 3.32. The first kappa shape index (κ1) is 19.6. The van der Waals surface area contributed by atoms with Crippen LogP contribution in [0.5, 0.6) is 0 Å². The summed E-state index contributed by atoms with van der Waals surface area (Å²) in [4.78, 5) is 23.6. The van der Waals surface area contributed by atoms with Gasteiger partial charge in [-0.1, -0.05) is 48.5 Å². The third-order valence-corrected chi connectivity index (χ3v) is 4.95. The first-order chi connectivity index (χ1) is 14.7. The summed E-state index contributed by atoms with van der Waals surface area (Å²) < 4.78 is 0. The lowest BCUT2D eigenvalue weighted by Gasteiger charge is -2.14. The molecule has 2 heterocycles. The van der Waals surface area contributed by atoms with Crippen molar-refractivity contribution in [2.45, 2.75) is 25.6 Å². The minimum absolute atomic E-state index is 0.373. The highest BCUT2D eigenvalue weighted by Gasteiger charge is 2.19. The van der Waals surface area contributed by atoms with E-state index in [0.29, 0.717) is 25.5 Å². The van der Waals surface area contributed by atoms with Crippen LogP contribution in [0.4, 0.5) is 5.95 Å². The molecule has 0 fully saturated rings. The number of para-hydroxylation sites is 1. The minimum Gasteiger partial charge on any atom is -0.480 e. The maximum atomic E-state index is 11.7. The smallest absolute Gasteiger partial charge is 0.321 e. The zero-order valence-electron chi connectivity index (χ0n) is 16.4. The normalized spacial score (nSPS) is 12.0. The fourth-order valence-electron chi connectivity index (χ4n) is 3.32. The van der Waals surface area contributed by atoms with Crippen molar-refractivity contribution < 1.29 is 9.90 Å². The molecular formula is C23H23N5O2. The molecule has 0 radical (unpaired) electrons. The Morgan fingerprint density at radius 2 is 1.70 bits per heavy atom. The van der Waals surface area contributed by atoms with Crippen molar-refractivity contribution in [3.63, 3.8) is 0 Å². The Bertz CT molecular complexity index is 1110. The van der Waals surface area contributed by atoms with E-state index in [1.165, 1.54) is 0 Å². The Labute approximate surface area is 174 Å². The van der Waals surface area contributed by atoms with E-state index in [-0.39, 0.29) is 0 Å². The van der Waals surface area contributed by atoms with E-state index in [9.17, 15) is 9.90 Å². The molecule has 0 saturated carbocycles. The number of carboxylic acid groups (broad SMARTS) is 1. The molecule has 0 spiro atoms. The van der Waals surface area contributed by atoms with Crippen LogP contribution in [0.1, 0.15) is 16.7 Å². The molecule has 30 heavy (non-hydrogen) atoms. The first-order valence-electron chi connectivity index (χ1n) is 9.79. The Hall–Kier alpha value is -3.71. The lowest BCUT2D eigenvalue weighted by atomic mass is 10.0. The number of nitrogens with zero attached hydrogens (tertiary/aromatic N) is 2. The topological polar surface area (TPSA) is 103 Å². The van der Waals surface area contributed by atoms with Crippen LogP contribution in [0.3, 0.4) is 0 Å². The Morgan fingerprint density at radius 3 is 2.47 bits per heavy atom. The van der Waals surface area contributed by atoms with E-state index in [1.54, 1.807) is 12.4 Å². The second-order valence-corrected chi connectivity index (χ2v) is 7.09. The molecule has 0 amide bonds. The molecule has 2 aromatic heterocycles. The molecule has 4 N–H and O–H groups in total. The van der Waals surface area contributed by atoms with E-state index >= 15 is 0 Å². The average molecular weight is 401 g/mol. The number of carboxylic acids is 1. The number of aliphatic carboxylic acids is 1. The highest BCUT2D eigenvalue weighted by atomic mass is 16.4. The molecule has 4 rings (SSSR count). The second-order valence-electron chi connectivity index (χ2n) is 7.09. The van der Waals surface area contributed by atoms with Crippen molar-refractivity contribution in [2.75, 3.05) is 5.32 Å². The van der Waals surface area contributed by atoms with Crippen LogP contribution in [0.25, 0.3) is 10.9 Å². The number of anilines is 1. The van der Waals surface area contributed by atoms with Gasteiger partial charge < -0.3 is 15.4 Å². The van der Waals surface area contributed by atoms with Crippen LogP contribution >= 0.6 is 0 Å². The Kier molecular flexibility index (Phi) is 6.01. The van der Waals surface area contributed by atoms with Gasteiger partial charge in [0.1, 0.15) is 6.04 Å². The molecule has 0 saturated heterocycles. The summed E-state index contributed by atoms with van der Waals surface area (Å²) in [6.07, 6.45) is 5.67. The Balaban J connectivity index is 1.34. The fraction of sp³-hybridized carbons (Fsp3) is 0.174. The molecule has 0 unspecified atom stereocenters. The molecule has 152 valence electrons. The van der Waals surface area contributed by atoms with E-state index in [1.807, 2.05) is 60.8 Å². The van der Waals surface area contributed by atoms with Gasteiger partial charge in [0.15, 0.2) is 0 Å². The quantitative estimate of drug-likeness (QED) is 0.343. The van der Waals surface area contributed by atoms with Gasteiger partial charge in [0.25, 0.3) is 0 Å². The van der Waals surface area contributed by atoms with Crippen molar-refractivity contribution in [1.29, 1.82) is 0 Å². The first-order valence-corrected chi connectivity index (χ1v) is 9.79. The maximum absolute atomic E-state index is 11.7. The van der Waals surface area contributed by atoms with E-state index in [0.717, 1.165) is 27.6 Å². The van der Waals surface area contributed by atoms with Crippen molar-refractivity contribution in [3.05, 3.63) is 89.9 Å². The molecule has 2 aromatic carbocycles. The summed E-state index contributed by atoms with van der Waals surface area (Å²) >= 11 is 0. The maximum Gasteiger partial charge on any atom is 0.321 e. The molecule has 0 aliphatic heterocycles. The van der Waals surface area contributed by atoms with Crippen molar-refractivity contribution in [2.24, 2.45) is 0 Å². The van der Waals surface area contributed by atoms with E-state index in [4.69, 9.17) is 0 Å². The van der Waals surface area contributed by atoms with Gasteiger partial charge in [0.05, 0.1) is 0 Å². The van der Waals surface area contributed by atoms with E-state index < -0.39 is 12.0 Å². The lowest BCUT2D eigenvalue weighted by Crippen LogP contribution is -2.38. The SMILES string of the molecule is O=C(O)[C@H](Cc1c[nH]c2ccccc12)NCc1cnc(NCc2ccccc2)nc1. The summed E-state index contributed by atoms with van der Waals surface area (Å²) in [6, 6.07) is 17.2. The summed E-state index contributed by atoms with van der Waals surface area (Å²) in [5.41, 5.74) is 3.95. The van der Waals surface area contributed by atoms with Crippen molar-refractivity contribution >= 4 is 22.8 Å². The number of hydrogen-bond acceptors (Lipinski definition) is 5. The number of fused-ring (bicyclic) bond motifs is 1. The molecular weight excluding hydrogens is 378 g/mol. The number of carbonyl (C=O) groups is 1. The van der Waals surface area contributed by atoms with Gasteiger partial charge in [0.2, 0.25) is 5.95 Å². The van der Waals surface area contributed by atoms with E-state index in [2.05, 4.69) is 25.6 Å². The van der Waals surface area contributed by atoms with Crippen molar-refractivity contribution in [1.82, 2.24) is 20.3 Å². The predicted molar refractivity (Wildman–Crippen MR) is 116 cm³/mol. The number of nitrogens with one attached hydrogen (secondary N) is 3. The summed E-state index contributed by atoms with van der Waals surface area (Å²) in [5, 5.41) is 17.0. The van der Waals surface area contributed by atoms with Gasteiger partial charge in [-0.3, -0.25) is 10.1 Å². The number of benzene rings is 2. The summed E-state index contributed by atoms with van der Waals surface area (Å²) in [5.74, 6) is -0.349. The number of hydrogen-bond donors (Lipinski definition) is 4. The van der Waals surface area contributed by atoms with Gasteiger partial charge >= 0.3 is 5.97 Å². The van der Waals surface area contributed by atoms with Crippen LogP contribution in [-0.4, -0.2) is 32.1 Å². The van der Waals surface area contributed by atoms with Gasteiger partial charge in [0, 0.05) is 54.6 Å². The Morgan fingerprint density at radius 1 is 0.967 bits per heavy atom. The third-order valence-electron chi connectivity index (χ3n) is 4.95. The van der Waals surface area contributed by atoms with Crippen LogP contribution < -0.4 is 10.6 Å². The molecule has 7 nitrogen and oxygen atoms in total. The standard InChI is InChI=1S/C23H23N5O2/c29-22(30)21(10-18-15-25-20-9-5-4-8-19(18)20)24-12-17-13-27-23(28-14-17)26-11-16-6-2-1-3-7-16/h1-9,13-15,21,24-25H,10-12H2,(H,29,30)(H,26,27,28)/t21-/m0/s1. The minimum atomic E-state index is -0.887. The molecule has 1 atom stereocenters. The van der Waals surface area contributed by atoms with Gasteiger partial charge in [-0.05, 0) is 17.2 Å². The number of H-pyrrole nitrogens is 1. The van der Waals surface area contributed by atoms with Crippen LogP contribution in [-0.2, 0) is 24.3 Å². The zero-order valence-corrected chi connectivity index (χ0v) is 16.4. The van der Waals surface area contributed by atoms with Crippen LogP contribution in [0.2, 0.25) is 0 Å². The second kappa shape index (κ2) is 9.19. The molecule has 4 aromatic rings.